The fraction of sp³-hybridized carbons (Fsp3) is 0.118. The molecule has 2 aromatic rings. The Bertz CT molecular complexity index is 685. The molecule has 0 aliphatic carbocycles. The monoisotopic (exact) mass is 286 g/mol. The summed E-state index contributed by atoms with van der Waals surface area (Å²) in [4.78, 5) is 10.6. The van der Waals surface area contributed by atoms with Gasteiger partial charge >= 0.3 is 5.97 Å². The third-order valence-corrected chi connectivity index (χ3v) is 2.80. The van der Waals surface area contributed by atoms with Gasteiger partial charge in [-0.2, -0.15) is 0 Å². The van der Waals surface area contributed by atoms with Gasteiger partial charge in [0.15, 0.2) is 0 Å². The van der Waals surface area contributed by atoms with Gasteiger partial charge in [0.1, 0.15) is 17.3 Å². The number of halogens is 1. The smallest absolute Gasteiger partial charge is 0.328 e. The van der Waals surface area contributed by atoms with Crippen LogP contribution in [0.1, 0.15) is 16.7 Å². The van der Waals surface area contributed by atoms with Crippen LogP contribution < -0.4 is 4.74 Å². The van der Waals surface area contributed by atoms with Gasteiger partial charge < -0.3 is 9.84 Å². The third kappa shape index (κ3) is 4.18. The molecule has 0 fully saturated rings. The fourth-order valence-corrected chi connectivity index (χ4v) is 2.02. The molecule has 0 aliphatic rings. The standard InChI is InChI=1S/C17H15FO3/c1-11-7-12(2)9-15(8-11)21-16-5-4-14(18)10-13(16)3-6-17(19)20/h3-10H,1-2H3,(H,19,20)/b6-3+. The van der Waals surface area contributed by atoms with Crippen molar-refractivity contribution in [2.45, 2.75) is 13.8 Å². The quantitative estimate of drug-likeness (QED) is 0.851. The van der Waals surface area contributed by atoms with Crippen LogP contribution in [0.4, 0.5) is 4.39 Å². The Kier molecular flexibility index (Phi) is 4.38. The lowest BCUT2D eigenvalue weighted by Crippen LogP contribution is -1.92. The Balaban J connectivity index is 2.36. The zero-order chi connectivity index (χ0) is 15.4. The Morgan fingerprint density at radius 2 is 1.81 bits per heavy atom. The van der Waals surface area contributed by atoms with Crippen molar-refractivity contribution in [1.29, 1.82) is 0 Å². The van der Waals surface area contributed by atoms with Gasteiger partial charge in [-0.1, -0.05) is 6.07 Å². The molecule has 21 heavy (non-hydrogen) atoms. The Morgan fingerprint density at radius 1 is 1.14 bits per heavy atom. The van der Waals surface area contributed by atoms with Crippen molar-refractivity contribution >= 4 is 12.0 Å². The van der Waals surface area contributed by atoms with E-state index in [1.54, 1.807) is 0 Å². The maximum atomic E-state index is 13.3. The van der Waals surface area contributed by atoms with Gasteiger partial charge in [0.25, 0.3) is 0 Å². The number of hydrogen-bond acceptors (Lipinski definition) is 2. The van der Waals surface area contributed by atoms with Gasteiger partial charge in [-0.05, 0) is 61.4 Å². The normalized spacial score (nSPS) is 10.8. The second kappa shape index (κ2) is 6.22. The van der Waals surface area contributed by atoms with Crippen molar-refractivity contribution in [3.63, 3.8) is 0 Å². The van der Waals surface area contributed by atoms with E-state index in [0.717, 1.165) is 17.2 Å². The molecule has 0 saturated carbocycles. The lowest BCUT2D eigenvalue weighted by Gasteiger charge is -2.10. The Hall–Kier alpha value is -2.62. The molecule has 0 aliphatic heterocycles. The molecule has 108 valence electrons. The van der Waals surface area contributed by atoms with Gasteiger partial charge in [-0.15, -0.1) is 0 Å². The first-order chi connectivity index (χ1) is 9.94. The molecule has 0 aromatic heterocycles. The number of carboxylic acids is 1. The van der Waals surface area contributed by atoms with Crippen LogP contribution in [0.3, 0.4) is 0 Å². The third-order valence-electron chi connectivity index (χ3n) is 2.80. The van der Waals surface area contributed by atoms with E-state index in [-0.39, 0.29) is 0 Å². The van der Waals surface area contributed by atoms with Crippen molar-refractivity contribution < 1.29 is 19.0 Å². The Morgan fingerprint density at radius 3 is 2.43 bits per heavy atom. The van der Waals surface area contributed by atoms with Crippen molar-refractivity contribution in [3.05, 3.63) is 65.0 Å². The van der Waals surface area contributed by atoms with E-state index in [9.17, 15) is 9.18 Å². The zero-order valence-corrected chi connectivity index (χ0v) is 11.8. The topological polar surface area (TPSA) is 46.5 Å². The molecule has 0 amide bonds. The number of aryl methyl sites for hydroxylation is 2. The van der Waals surface area contributed by atoms with Gasteiger partial charge in [0, 0.05) is 11.6 Å². The molecule has 0 radical (unpaired) electrons. The van der Waals surface area contributed by atoms with Crippen LogP contribution in [0.15, 0.2) is 42.5 Å². The maximum Gasteiger partial charge on any atom is 0.328 e. The highest BCUT2D eigenvalue weighted by atomic mass is 19.1. The predicted octanol–water partition coefficient (Wildman–Crippen LogP) is 4.33. The summed E-state index contributed by atoms with van der Waals surface area (Å²) in [5.74, 6) is -0.521. The molecule has 0 saturated heterocycles. The first-order valence-electron chi connectivity index (χ1n) is 6.41. The van der Waals surface area contributed by atoms with Gasteiger partial charge in [0.2, 0.25) is 0 Å². The molecule has 0 spiro atoms. The molecule has 4 heteroatoms. The van der Waals surface area contributed by atoms with E-state index < -0.39 is 11.8 Å². The summed E-state index contributed by atoms with van der Waals surface area (Å²) in [5.41, 5.74) is 2.47. The van der Waals surface area contributed by atoms with Crippen molar-refractivity contribution in [2.24, 2.45) is 0 Å². The summed E-state index contributed by atoms with van der Waals surface area (Å²) in [7, 11) is 0. The summed E-state index contributed by atoms with van der Waals surface area (Å²) < 4.78 is 19.0. The minimum absolute atomic E-state index is 0.372. The molecular formula is C17H15FO3. The van der Waals surface area contributed by atoms with Gasteiger partial charge in [-0.3, -0.25) is 0 Å². The zero-order valence-electron chi connectivity index (χ0n) is 11.8. The summed E-state index contributed by atoms with van der Waals surface area (Å²) >= 11 is 0. The van der Waals surface area contributed by atoms with Crippen LogP contribution in [0, 0.1) is 19.7 Å². The predicted molar refractivity (Wildman–Crippen MR) is 79.1 cm³/mol. The number of benzene rings is 2. The number of rotatable bonds is 4. The van der Waals surface area contributed by atoms with Crippen molar-refractivity contribution in [3.8, 4) is 11.5 Å². The second-order valence-electron chi connectivity index (χ2n) is 4.78. The van der Waals surface area contributed by atoms with Crippen LogP contribution in [-0.2, 0) is 4.79 Å². The average molecular weight is 286 g/mol. The maximum absolute atomic E-state index is 13.3. The van der Waals surface area contributed by atoms with Crippen LogP contribution in [-0.4, -0.2) is 11.1 Å². The first-order valence-corrected chi connectivity index (χ1v) is 6.41. The lowest BCUT2D eigenvalue weighted by molar-refractivity contribution is -0.131. The summed E-state index contributed by atoms with van der Waals surface area (Å²) in [6, 6.07) is 9.73. The van der Waals surface area contributed by atoms with Crippen molar-refractivity contribution in [1.82, 2.24) is 0 Å². The number of carbonyl (C=O) groups is 1. The fourth-order valence-electron chi connectivity index (χ4n) is 2.02. The van der Waals surface area contributed by atoms with E-state index in [1.165, 1.54) is 24.3 Å². The number of aliphatic carboxylic acids is 1. The summed E-state index contributed by atoms with van der Waals surface area (Å²) in [6.45, 7) is 3.91. The number of carboxylic acid groups (broad SMARTS) is 1. The molecule has 0 bridgehead atoms. The van der Waals surface area contributed by atoms with E-state index in [1.807, 2.05) is 32.0 Å². The van der Waals surface area contributed by atoms with Gasteiger partial charge in [0.05, 0.1) is 0 Å². The summed E-state index contributed by atoms with van der Waals surface area (Å²) in [6.07, 6.45) is 2.26. The van der Waals surface area contributed by atoms with Crippen LogP contribution >= 0.6 is 0 Å². The minimum atomic E-state index is -1.10. The van der Waals surface area contributed by atoms with E-state index in [2.05, 4.69) is 0 Å². The molecular weight excluding hydrogens is 271 g/mol. The largest absolute Gasteiger partial charge is 0.478 e. The summed E-state index contributed by atoms with van der Waals surface area (Å²) in [5, 5.41) is 8.68. The minimum Gasteiger partial charge on any atom is -0.478 e. The Labute approximate surface area is 122 Å². The molecule has 2 aromatic carbocycles. The van der Waals surface area contributed by atoms with Gasteiger partial charge in [-0.25, -0.2) is 9.18 Å². The SMILES string of the molecule is Cc1cc(C)cc(Oc2ccc(F)cc2/C=C/C(=O)O)c1. The second-order valence-corrected chi connectivity index (χ2v) is 4.78. The number of hydrogen-bond donors (Lipinski definition) is 1. The van der Waals surface area contributed by atoms with Crippen molar-refractivity contribution in [2.75, 3.05) is 0 Å². The highest BCUT2D eigenvalue weighted by Crippen LogP contribution is 2.28. The lowest BCUT2D eigenvalue weighted by atomic mass is 10.1. The molecule has 0 heterocycles. The average Bonchev–Trinajstić information content (AvgIpc) is 2.37. The van der Waals surface area contributed by atoms with E-state index in [0.29, 0.717) is 17.1 Å². The highest BCUT2D eigenvalue weighted by Gasteiger charge is 2.06. The van der Waals surface area contributed by atoms with Crippen LogP contribution in [0.5, 0.6) is 11.5 Å². The van der Waals surface area contributed by atoms with E-state index in [4.69, 9.17) is 9.84 Å². The first kappa shape index (κ1) is 14.8. The number of ether oxygens (including phenoxy) is 1. The van der Waals surface area contributed by atoms with Crippen LogP contribution in [0.25, 0.3) is 6.08 Å². The molecule has 1 N–H and O–H groups in total. The molecule has 0 unspecified atom stereocenters. The van der Waals surface area contributed by atoms with Crippen LogP contribution in [0.2, 0.25) is 0 Å². The highest BCUT2D eigenvalue weighted by molar-refractivity contribution is 5.85. The molecule has 3 nitrogen and oxygen atoms in total. The molecule has 2 rings (SSSR count). The molecule has 0 atom stereocenters. The van der Waals surface area contributed by atoms with E-state index >= 15 is 0 Å².